The molecular formula is C18H16N4O3. The molecule has 2 heterocycles. The fraction of sp³-hybridized carbons (Fsp3) is 0.222. The van der Waals surface area contributed by atoms with Crippen molar-refractivity contribution in [2.45, 2.75) is 13.0 Å². The molecule has 3 rings (SSSR count). The highest BCUT2D eigenvalue weighted by Crippen LogP contribution is 2.17. The van der Waals surface area contributed by atoms with Crippen LogP contribution in [0.15, 0.2) is 48.7 Å². The fourth-order valence-corrected chi connectivity index (χ4v) is 2.54. The molecule has 0 unspecified atom stereocenters. The molecule has 0 radical (unpaired) electrons. The molecule has 1 aliphatic heterocycles. The summed E-state index contributed by atoms with van der Waals surface area (Å²) in [7, 11) is 0. The standard InChI is InChI=1S/C18H16N4O3/c19-11-16-8-7-15(12-20-16)17(23)21-9-4-10-22(21)18(24)25-13-14-5-2-1-3-6-14/h1-3,5-8,12H,4,9-10,13H2. The smallest absolute Gasteiger partial charge is 0.429 e. The van der Waals surface area contributed by atoms with Crippen molar-refractivity contribution in [1.82, 2.24) is 15.0 Å². The maximum absolute atomic E-state index is 12.6. The predicted octanol–water partition coefficient (Wildman–Crippen LogP) is 2.35. The van der Waals surface area contributed by atoms with Gasteiger partial charge in [0.05, 0.1) is 5.56 Å². The third kappa shape index (κ3) is 3.75. The number of hydrogen-bond acceptors (Lipinski definition) is 5. The van der Waals surface area contributed by atoms with E-state index in [1.165, 1.54) is 28.3 Å². The Hall–Kier alpha value is -3.40. The van der Waals surface area contributed by atoms with E-state index in [1.807, 2.05) is 36.4 Å². The number of benzene rings is 1. The molecule has 126 valence electrons. The van der Waals surface area contributed by atoms with Crippen LogP contribution in [-0.4, -0.2) is 40.1 Å². The quantitative estimate of drug-likeness (QED) is 0.859. The van der Waals surface area contributed by atoms with E-state index in [4.69, 9.17) is 10.00 Å². The van der Waals surface area contributed by atoms with Gasteiger partial charge in [-0.1, -0.05) is 30.3 Å². The summed E-state index contributed by atoms with van der Waals surface area (Å²) in [5.41, 5.74) is 1.43. The van der Waals surface area contributed by atoms with Crippen molar-refractivity contribution in [3.63, 3.8) is 0 Å². The highest BCUT2D eigenvalue weighted by molar-refractivity contribution is 5.95. The van der Waals surface area contributed by atoms with E-state index < -0.39 is 6.09 Å². The second kappa shape index (κ2) is 7.45. The fourth-order valence-electron chi connectivity index (χ4n) is 2.54. The summed E-state index contributed by atoms with van der Waals surface area (Å²) in [5.74, 6) is -0.342. The molecule has 0 N–H and O–H groups in total. The van der Waals surface area contributed by atoms with Gasteiger partial charge in [-0.25, -0.2) is 19.8 Å². The van der Waals surface area contributed by atoms with Gasteiger partial charge in [0, 0.05) is 19.3 Å². The number of rotatable bonds is 3. The van der Waals surface area contributed by atoms with Gasteiger partial charge >= 0.3 is 6.09 Å². The number of nitrogens with zero attached hydrogens (tertiary/aromatic N) is 4. The normalized spacial score (nSPS) is 13.4. The zero-order valence-electron chi connectivity index (χ0n) is 13.5. The molecular weight excluding hydrogens is 320 g/mol. The summed E-state index contributed by atoms with van der Waals surface area (Å²) in [5, 5.41) is 11.4. The van der Waals surface area contributed by atoms with Gasteiger partial charge in [0.25, 0.3) is 5.91 Å². The molecule has 0 bridgehead atoms. The summed E-state index contributed by atoms with van der Waals surface area (Å²) < 4.78 is 5.30. The molecule has 0 atom stereocenters. The molecule has 0 aliphatic carbocycles. The lowest BCUT2D eigenvalue weighted by Crippen LogP contribution is -2.45. The van der Waals surface area contributed by atoms with Gasteiger partial charge in [0.1, 0.15) is 18.4 Å². The number of nitriles is 1. The lowest BCUT2D eigenvalue weighted by atomic mass is 10.2. The van der Waals surface area contributed by atoms with Crippen molar-refractivity contribution in [3.05, 3.63) is 65.5 Å². The largest absolute Gasteiger partial charge is 0.443 e. The van der Waals surface area contributed by atoms with Crippen LogP contribution < -0.4 is 0 Å². The van der Waals surface area contributed by atoms with Gasteiger partial charge in [-0.2, -0.15) is 5.26 Å². The van der Waals surface area contributed by atoms with E-state index in [0.29, 0.717) is 25.1 Å². The zero-order valence-corrected chi connectivity index (χ0v) is 13.5. The summed E-state index contributed by atoms with van der Waals surface area (Å²) in [4.78, 5) is 28.8. The summed E-state index contributed by atoms with van der Waals surface area (Å²) >= 11 is 0. The van der Waals surface area contributed by atoms with Crippen LogP contribution >= 0.6 is 0 Å². The highest BCUT2D eigenvalue weighted by Gasteiger charge is 2.32. The second-order valence-electron chi connectivity index (χ2n) is 5.49. The van der Waals surface area contributed by atoms with E-state index in [-0.39, 0.29) is 18.2 Å². The van der Waals surface area contributed by atoms with Crippen LogP contribution in [-0.2, 0) is 11.3 Å². The second-order valence-corrected chi connectivity index (χ2v) is 5.49. The Morgan fingerprint density at radius 2 is 1.88 bits per heavy atom. The predicted molar refractivity (Wildman–Crippen MR) is 87.9 cm³/mol. The first-order chi connectivity index (χ1) is 12.2. The molecule has 1 aliphatic rings. The number of hydrazine groups is 1. The minimum absolute atomic E-state index is 0.149. The summed E-state index contributed by atoms with van der Waals surface area (Å²) in [6.45, 7) is 0.999. The van der Waals surface area contributed by atoms with Crippen LogP contribution in [0.1, 0.15) is 28.0 Å². The maximum Gasteiger partial charge on any atom is 0.429 e. The van der Waals surface area contributed by atoms with Gasteiger partial charge in [0.15, 0.2) is 0 Å². The van der Waals surface area contributed by atoms with Gasteiger partial charge in [-0.15, -0.1) is 0 Å². The third-order valence-corrected chi connectivity index (χ3v) is 3.81. The molecule has 2 amide bonds. The van der Waals surface area contributed by atoms with Crippen LogP contribution in [0.2, 0.25) is 0 Å². The molecule has 1 fully saturated rings. The van der Waals surface area contributed by atoms with Crippen molar-refractivity contribution in [1.29, 1.82) is 5.26 Å². The summed E-state index contributed by atoms with van der Waals surface area (Å²) in [6.07, 6.45) is 1.46. The Kier molecular flexibility index (Phi) is 4.90. The number of carbonyl (C=O) groups excluding carboxylic acids is 2. The van der Waals surface area contributed by atoms with E-state index in [2.05, 4.69) is 4.98 Å². The number of aromatic nitrogens is 1. The summed E-state index contributed by atoms with van der Waals surface area (Å²) in [6, 6.07) is 14.3. The number of hydrogen-bond donors (Lipinski definition) is 0. The average molecular weight is 336 g/mol. The van der Waals surface area contributed by atoms with Crippen LogP contribution in [0.25, 0.3) is 0 Å². The zero-order chi connectivity index (χ0) is 17.6. The Morgan fingerprint density at radius 1 is 1.12 bits per heavy atom. The molecule has 7 heteroatoms. The van der Waals surface area contributed by atoms with E-state index in [1.54, 1.807) is 0 Å². The highest BCUT2D eigenvalue weighted by atomic mass is 16.6. The minimum atomic E-state index is -0.559. The Bertz CT molecular complexity index is 799. The van der Waals surface area contributed by atoms with Gasteiger partial charge in [-0.3, -0.25) is 4.79 Å². The van der Waals surface area contributed by atoms with Gasteiger partial charge in [-0.05, 0) is 24.1 Å². The van der Waals surface area contributed by atoms with E-state index in [0.717, 1.165) is 5.56 Å². The van der Waals surface area contributed by atoms with Gasteiger partial charge < -0.3 is 4.74 Å². The first-order valence-corrected chi connectivity index (χ1v) is 7.85. The van der Waals surface area contributed by atoms with Crippen molar-refractivity contribution in [2.75, 3.05) is 13.1 Å². The number of carbonyl (C=O) groups is 2. The lowest BCUT2D eigenvalue weighted by molar-refractivity contribution is 0.0110. The van der Waals surface area contributed by atoms with Crippen LogP contribution in [0.4, 0.5) is 4.79 Å². The average Bonchev–Trinajstić information content (AvgIpc) is 3.16. The van der Waals surface area contributed by atoms with Crippen LogP contribution in [0.3, 0.4) is 0 Å². The van der Waals surface area contributed by atoms with Crippen molar-refractivity contribution >= 4 is 12.0 Å². The number of pyridine rings is 1. The third-order valence-electron chi connectivity index (χ3n) is 3.81. The monoisotopic (exact) mass is 336 g/mol. The molecule has 7 nitrogen and oxygen atoms in total. The molecule has 1 saturated heterocycles. The number of ether oxygens (including phenoxy) is 1. The van der Waals surface area contributed by atoms with Crippen LogP contribution in [0.5, 0.6) is 0 Å². The molecule has 0 saturated carbocycles. The van der Waals surface area contributed by atoms with Crippen molar-refractivity contribution in [3.8, 4) is 6.07 Å². The van der Waals surface area contributed by atoms with Gasteiger partial charge in [0.2, 0.25) is 0 Å². The Balaban J connectivity index is 1.65. The van der Waals surface area contributed by atoms with E-state index >= 15 is 0 Å². The molecule has 1 aromatic heterocycles. The molecule has 2 aromatic rings. The molecule has 25 heavy (non-hydrogen) atoms. The maximum atomic E-state index is 12.6. The first kappa shape index (κ1) is 16.5. The molecule has 0 spiro atoms. The molecule has 1 aromatic carbocycles. The SMILES string of the molecule is N#Cc1ccc(C(=O)N2CCCN2C(=O)OCc2ccccc2)cn1. The Labute approximate surface area is 145 Å². The van der Waals surface area contributed by atoms with Crippen molar-refractivity contribution < 1.29 is 14.3 Å². The lowest BCUT2D eigenvalue weighted by Gasteiger charge is -2.27. The van der Waals surface area contributed by atoms with E-state index in [9.17, 15) is 9.59 Å². The minimum Gasteiger partial charge on any atom is -0.443 e. The number of amides is 2. The first-order valence-electron chi connectivity index (χ1n) is 7.85. The topological polar surface area (TPSA) is 86.5 Å². The van der Waals surface area contributed by atoms with Crippen LogP contribution in [0, 0.1) is 11.3 Å². The van der Waals surface area contributed by atoms with Crippen molar-refractivity contribution in [2.24, 2.45) is 0 Å². The Morgan fingerprint density at radius 3 is 2.56 bits per heavy atom.